The molecule has 0 unspecified atom stereocenters. The summed E-state index contributed by atoms with van der Waals surface area (Å²) in [5.41, 5.74) is -2.48. The van der Waals surface area contributed by atoms with Gasteiger partial charge in [0.2, 0.25) is 0 Å². The number of benzene rings is 1. The quantitative estimate of drug-likeness (QED) is 0.607. The fraction of sp³-hybridized carbons (Fsp3) is 0.300. The minimum absolute atomic E-state index is 0.537. The van der Waals surface area contributed by atoms with E-state index in [0.717, 1.165) is 11.0 Å². The van der Waals surface area contributed by atoms with Gasteiger partial charge in [-0.1, -0.05) is 0 Å². The van der Waals surface area contributed by atoms with Crippen LogP contribution in [0.25, 0.3) is 0 Å². The molecule has 1 aromatic rings. The Morgan fingerprint density at radius 3 is 2.28 bits per heavy atom. The highest BCUT2D eigenvalue weighted by atomic mass is 19.4. The van der Waals surface area contributed by atoms with Crippen LogP contribution >= 0.6 is 0 Å². The predicted octanol–water partition coefficient (Wildman–Crippen LogP) is 2.32. The summed E-state index contributed by atoms with van der Waals surface area (Å²) in [5.74, 6) is -0.939. The van der Waals surface area contributed by atoms with E-state index in [0.29, 0.717) is 12.1 Å². The second-order valence-electron chi connectivity index (χ2n) is 3.68. The molecule has 0 aromatic heterocycles. The van der Waals surface area contributed by atoms with Gasteiger partial charge in [-0.25, -0.2) is 0 Å². The number of carbonyl (C=O) groups excluding carboxylic acids is 1. The molecule has 0 aliphatic carbocycles. The van der Waals surface area contributed by atoms with Crippen molar-refractivity contribution in [3.63, 3.8) is 0 Å². The van der Waals surface area contributed by atoms with Crippen molar-refractivity contribution in [2.45, 2.75) is 6.18 Å². The van der Waals surface area contributed by atoms with Crippen molar-refractivity contribution in [1.82, 2.24) is 4.90 Å². The van der Waals surface area contributed by atoms with Crippen LogP contribution in [0.2, 0.25) is 0 Å². The molecule has 0 saturated carbocycles. The van der Waals surface area contributed by atoms with Crippen LogP contribution in [0.3, 0.4) is 0 Å². The van der Waals surface area contributed by atoms with Gasteiger partial charge in [0.25, 0.3) is 11.6 Å². The largest absolute Gasteiger partial charge is 0.417 e. The van der Waals surface area contributed by atoms with Gasteiger partial charge < -0.3 is 4.90 Å². The number of halogens is 3. The third-order valence-electron chi connectivity index (χ3n) is 2.16. The van der Waals surface area contributed by atoms with Crippen molar-refractivity contribution in [3.05, 3.63) is 39.4 Å². The summed E-state index contributed by atoms with van der Waals surface area (Å²) in [7, 11) is 2.53. The molecule has 98 valence electrons. The Labute approximate surface area is 100.0 Å². The molecule has 5 nitrogen and oxygen atoms in total. The molecular weight excluding hydrogens is 253 g/mol. The Morgan fingerprint density at radius 2 is 1.89 bits per heavy atom. The number of nitro benzene ring substituents is 1. The first-order valence-electron chi connectivity index (χ1n) is 4.72. The van der Waals surface area contributed by atoms with Gasteiger partial charge in [0.05, 0.1) is 16.1 Å². The fourth-order valence-electron chi connectivity index (χ4n) is 1.31. The van der Waals surface area contributed by atoms with Gasteiger partial charge >= 0.3 is 6.18 Å². The Hall–Kier alpha value is -2.12. The molecule has 0 bridgehead atoms. The molecule has 0 fully saturated rings. The summed E-state index contributed by atoms with van der Waals surface area (Å²) in [6, 6.07) is 1.88. The maximum atomic E-state index is 12.7. The zero-order chi connectivity index (χ0) is 14.1. The summed E-state index contributed by atoms with van der Waals surface area (Å²) in [5, 5.41) is 10.5. The summed E-state index contributed by atoms with van der Waals surface area (Å²) in [6.45, 7) is 0. The third-order valence-corrected chi connectivity index (χ3v) is 2.16. The molecule has 0 heterocycles. The lowest BCUT2D eigenvalue weighted by Gasteiger charge is -2.15. The number of carbonyl (C=O) groups is 1. The lowest BCUT2D eigenvalue weighted by Crippen LogP contribution is -2.25. The maximum Gasteiger partial charge on any atom is 0.417 e. The van der Waals surface area contributed by atoms with Crippen LogP contribution in [0.5, 0.6) is 0 Å². The Kier molecular flexibility index (Phi) is 3.59. The van der Waals surface area contributed by atoms with E-state index < -0.39 is 33.8 Å². The van der Waals surface area contributed by atoms with Crippen LogP contribution < -0.4 is 0 Å². The standard InChI is InChI=1S/C10H9F3N2O3/c1-14(2)9(16)7-5-6(15(17)18)3-4-8(7)10(11,12)13/h3-5H,1-2H3. The van der Waals surface area contributed by atoms with Crippen molar-refractivity contribution in [2.75, 3.05) is 14.1 Å². The summed E-state index contributed by atoms with van der Waals surface area (Å²) >= 11 is 0. The number of non-ortho nitro benzene ring substituents is 1. The minimum Gasteiger partial charge on any atom is -0.345 e. The summed E-state index contributed by atoms with van der Waals surface area (Å²) in [4.78, 5) is 22.2. The normalized spacial score (nSPS) is 11.2. The first-order chi connectivity index (χ1) is 8.14. The van der Waals surface area contributed by atoms with E-state index in [4.69, 9.17) is 0 Å². The monoisotopic (exact) mass is 262 g/mol. The molecule has 1 amide bonds. The van der Waals surface area contributed by atoms with Crippen LogP contribution in [0, 0.1) is 10.1 Å². The highest BCUT2D eigenvalue weighted by Crippen LogP contribution is 2.34. The highest BCUT2D eigenvalue weighted by molar-refractivity contribution is 5.96. The first kappa shape index (κ1) is 13.9. The maximum absolute atomic E-state index is 12.7. The van der Waals surface area contributed by atoms with Gasteiger partial charge in [-0.15, -0.1) is 0 Å². The van der Waals surface area contributed by atoms with E-state index in [2.05, 4.69) is 0 Å². The second kappa shape index (κ2) is 4.63. The smallest absolute Gasteiger partial charge is 0.345 e. The number of nitrogens with zero attached hydrogens (tertiary/aromatic N) is 2. The van der Waals surface area contributed by atoms with Gasteiger partial charge in [0.15, 0.2) is 0 Å². The summed E-state index contributed by atoms with van der Waals surface area (Å²) < 4.78 is 38.0. The number of alkyl halides is 3. The summed E-state index contributed by atoms with van der Waals surface area (Å²) in [6.07, 6.45) is -4.74. The predicted molar refractivity (Wildman–Crippen MR) is 56.1 cm³/mol. The van der Waals surface area contributed by atoms with E-state index >= 15 is 0 Å². The number of rotatable bonds is 2. The van der Waals surface area contributed by atoms with Crippen LogP contribution in [0.4, 0.5) is 18.9 Å². The number of hydrogen-bond donors (Lipinski definition) is 0. The third kappa shape index (κ3) is 2.76. The van der Waals surface area contributed by atoms with Crippen LogP contribution in [0.1, 0.15) is 15.9 Å². The molecule has 1 aromatic carbocycles. The Balaban J connectivity index is 3.45. The SMILES string of the molecule is CN(C)C(=O)c1cc([N+](=O)[O-])ccc1C(F)(F)F. The molecule has 8 heteroatoms. The highest BCUT2D eigenvalue weighted by Gasteiger charge is 2.36. The number of hydrogen-bond acceptors (Lipinski definition) is 3. The number of nitro groups is 1. The van der Waals surface area contributed by atoms with Gasteiger partial charge in [-0.3, -0.25) is 14.9 Å². The van der Waals surface area contributed by atoms with Crippen molar-refractivity contribution < 1.29 is 22.9 Å². The van der Waals surface area contributed by atoms with Gasteiger partial charge in [0.1, 0.15) is 0 Å². The molecule has 18 heavy (non-hydrogen) atoms. The molecule has 0 saturated heterocycles. The Bertz CT molecular complexity index is 498. The van der Waals surface area contributed by atoms with Crippen molar-refractivity contribution >= 4 is 11.6 Å². The molecule has 0 aliphatic heterocycles. The zero-order valence-electron chi connectivity index (χ0n) is 9.49. The van der Waals surface area contributed by atoms with E-state index in [1.165, 1.54) is 14.1 Å². The lowest BCUT2D eigenvalue weighted by atomic mass is 10.0. The van der Waals surface area contributed by atoms with Gasteiger partial charge in [0, 0.05) is 26.2 Å². The number of amides is 1. The average Bonchev–Trinajstić information content (AvgIpc) is 2.25. The molecule has 0 spiro atoms. The van der Waals surface area contributed by atoms with E-state index in [1.54, 1.807) is 0 Å². The first-order valence-corrected chi connectivity index (χ1v) is 4.72. The van der Waals surface area contributed by atoms with Crippen LogP contribution in [0.15, 0.2) is 18.2 Å². The molecular formula is C10H9F3N2O3. The average molecular weight is 262 g/mol. The zero-order valence-corrected chi connectivity index (χ0v) is 9.49. The lowest BCUT2D eigenvalue weighted by molar-refractivity contribution is -0.384. The van der Waals surface area contributed by atoms with Crippen molar-refractivity contribution in [2.24, 2.45) is 0 Å². The van der Waals surface area contributed by atoms with E-state index in [9.17, 15) is 28.1 Å². The molecule has 0 atom stereocenters. The van der Waals surface area contributed by atoms with Crippen LogP contribution in [-0.2, 0) is 6.18 Å². The van der Waals surface area contributed by atoms with E-state index in [-0.39, 0.29) is 0 Å². The molecule has 0 radical (unpaired) electrons. The molecule has 0 aliphatic rings. The fourth-order valence-corrected chi connectivity index (χ4v) is 1.31. The van der Waals surface area contributed by atoms with Gasteiger partial charge in [-0.05, 0) is 6.07 Å². The minimum atomic E-state index is -4.74. The van der Waals surface area contributed by atoms with E-state index in [1.807, 2.05) is 0 Å². The topological polar surface area (TPSA) is 63.5 Å². The van der Waals surface area contributed by atoms with Gasteiger partial charge in [-0.2, -0.15) is 13.2 Å². The van der Waals surface area contributed by atoms with Crippen LogP contribution in [-0.4, -0.2) is 29.8 Å². The second-order valence-corrected chi connectivity index (χ2v) is 3.68. The molecule has 0 N–H and O–H groups in total. The molecule has 1 rings (SSSR count). The Morgan fingerprint density at radius 1 is 1.33 bits per heavy atom. The van der Waals surface area contributed by atoms with Crippen molar-refractivity contribution in [1.29, 1.82) is 0 Å². The van der Waals surface area contributed by atoms with Crippen molar-refractivity contribution in [3.8, 4) is 0 Å².